The van der Waals surface area contributed by atoms with Crippen LogP contribution in [-0.4, -0.2) is 84.6 Å². The van der Waals surface area contributed by atoms with E-state index in [9.17, 15) is 23.1 Å². The molecule has 1 amide bonds. The number of carbonyl (C=O) groups excluding carboxylic acids is 1. The normalized spacial score (nSPS) is 14.5. The maximum atomic E-state index is 13.6. The summed E-state index contributed by atoms with van der Waals surface area (Å²) in [5.41, 5.74) is 4.71. The predicted octanol–water partition coefficient (Wildman–Crippen LogP) is 3.87. The van der Waals surface area contributed by atoms with Crippen molar-refractivity contribution < 1.29 is 37.7 Å². The molecule has 2 atom stereocenters. The Morgan fingerprint density at radius 2 is 1.95 bits per heavy atom. The van der Waals surface area contributed by atoms with Gasteiger partial charge in [0.1, 0.15) is 6.61 Å². The standard InChI is InChI=1S/C28H35F3N4O3S.CH2O2/c1-3-35-17-20-9-12-39-34(2)23-14-21(15-24(35)26(20)23)27(37)33-22(13-19-7-5-4-6-8-19)25(36)16-32-10-11-38-18-28(29,30)31;2-1-3/h4-8,14-15,17,22,25,32,36H,3,9-13,16,18H2,1-2H3,(H,33,37);1H,(H,2,3)/t22-,25+;/m0./s1. The molecular weight excluding hydrogens is 573 g/mol. The molecule has 42 heavy (non-hydrogen) atoms. The molecular formula is C29H37F3N4O5S. The number of amides is 1. The molecule has 2 aromatic carbocycles. The van der Waals surface area contributed by atoms with Crippen LogP contribution in [0.4, 0.5) is 18.9 Å². The first-order valence-electron chi connectivity index (χ1n) is 13.6. The molecule has 230 valence electrons. The van der Waals surface area contributed by atoms with Crippen LogP contribution < -0.4 is 14.9 Å². The lowest BCUT2D eigenvalue weighted by molar-refractivity contribution is -0.173. The number of alkyl halides is 3. The van der Waals surface area contributed by atoms with E-state index in [0.29, 0.717) is 12.0 Å². The number of nitrogens with one attached hydrogen (secondary N) is 2. The molecule has 0 spiro atoms. The lowest BCUT2D eigenvalue weighted by atomic mass is 10.00. The largest absolute Gasteiger partial charge is 0.483 e. The van der Waals surface area contributed by atoms with Gasteiger partial charge in [-0.1, -0.05) is 30.3 Å². The summed E-state index contributed by atoms with van der Waals surface area (Å²) in [6.07, 6.45) is -1.84. The molecule has 0 aliphatic carbocycles. The number of ether oxygens (including phenoxy) is 1. The number of carboxylic acid groups (broad SMARTS) is 1. The third-order valence-electron chi connectivity index (χ3n) is 6.76. The highest BCUT2D eigenvalue weighted by molar-refractivity contribution is 8.00. The second kappa shape index (κ2) is 15.8. The SMILES string of the molecule is CCn1cc2c3c(cc(C(=O)N[C@@H](Cc4ccccc4)[C@H](O)CNCCOCC(F)(F)F)cc31)N(C)SCC2.O=CO. The van der Waals surface area contributed by atoms with Gasteiger partial charge in [0.05, 0.1) is 30.0 Å². The molecule has 9 nitrogen and oxygen atoms in total. The van der Waals surface area contributed by atoms with Crippen LogP contribution in [0.15, 0.2) is 48.7 Å². The number of halogens is 3. The van der Waals surface area contributed by atoms with Gasteiger partial charge in [-0.25, -0.2) is 0 Å². The summed E-state index contributed by atoms with van der Waals surface area (Å²) in [5, 5.41) is 25.0. The average molecular weight is 611 g/mol. The fraction of sp³-hybridized carbons (Fsp3) is 0.448. The van der Waals surface area contributed by atoms with Crippen molar-refractivity contribution in [1.29, 1.82) is 0 Å². The first-order valence-corrected chi connectivity index (χ1v) is 14.5. The Morgan fingerprint density at radius 1 is 1.24 bits per heavy atom. The number of nitrogens with zero attached hydrogens (tertiary/aromatic N) is 2. The van der Waals surface area contributed by atoms with Crippen LogP contribution >= 0.6 is 11.9 Å². The number of benzene rings is 2. The van der Waals surface area contributed by atoms with E-state index in [1.165, 1.54) is 10.9 Å². The summed E-state index contributed by atoms with van der Waals surface area (Å²) in [6.45, 7) is 1.37. The molecule has 4 N–H and O–H groups in total. The van der Waals surface area contributed by atoms with Crippen molar-refractivity contribution in [2.24, 2.45) is 0 Å². The second-order valence-electron chi connectivity index (χ2n) is 9.72. The van der Waals surface area contributed by atoms with E-state index in [0.717, 1.165) is 35.5 Å². The number of aliphatic hydroxyl groups excluding tert-OH is 1. The van der Waals surface area contributed by atoms with Gasteiger partial charge >= 0.3 is 6.18 Å². The fourth-order valence-electron chi connectivity index (χ4n) is 4.81. The smallest absolute Gasteiger partial charge is 0.411 e. The van der Waals surface area contributed by atoms with Crippen molar-refractivity contribution in [3.8, 4) is 0 Å². The predicted molar refractivity (Wildman–Crippen MR) is 158 cm³/mol. The van der Waals surface area contributed by atoms with Crippen LogP contribution in [0.5, 0.6) is 0 Å². The second-order valence-corrected chi connectivity index (χ2v) is 10.9. The summed E-state index contributed by atoms with van der Waals surface area (Å²) < 4.78 is 45.7. The van der Waals surface area contributed by atoms with Crippen molar-refractivity contribution in [1.82, 2.24) is 15.2 Å². The highest BCUT2D eigenvalue weighted by Crippen LogP contribution is 2.38. The highest BCUT2D eigenvalue weighted by atomic mass is 32.2. The number of aliphatic hydroxyl groups is 1. The van der Waals surface area contributed by atoms with E-state index < -0.39 is 24.9 Å². The first-order chi connectivity index (χ1) is 20.1. The number of aryl methyl sites for hydroxylation is 2. The van der Waals surface area contributed by atoms with E-state index in [-0.39, 0.29) is 32.1 Å². The number of carbonyl (C=O) groups is 2. The number of hydrogen-bond donors (Lipinski definition) is 4. The number of hydrogen-bond acceptors (Lipinski definition) is 7. The highest BCUT2D eigenvalue weighted by Gasteiger charge is 2.28. The Balaban J connectivity index is 0.00000155. The van der Waals surface area contributed by atoms with Crippen LogP contribution in [0.1, 0.15) is 28.4 Å². The van der Waals surface area contributed by atoms with Gasteiger partial charge in [-0.2, -0.15) is 13.2 Å². The third-order valence-corrected chi connectivity index (χ3v) is 7.73. The summed E-state index contributed by atoms with van der Waals surface area (Å²) in [4.78, 5) is 21.9. The van der Waals surface area contributed by atoms with Gasteiger partial charge in [0.25, 0.3) is 12.4 Å². The Bertz CT molecular complexity index is 1310. The molecule has 3 aromatic rings. The van der Waals surface area contributed by atoms with E-state index in [4.69, 9.17) is 9.90 Å². The number of rotatable bonds is 12. The fourth-order valence-corrected chi connectivity index (χ4v) is 5.68. The van der Waals surface area contributed by atoms with Gasteiger partial charge in [-0.05, 0) is 55.0 Å². The molecule has 1 aliphatic heterocycles. The van der Waals surface area contributed by atoms with E-state index in [1.54, 1.807) is 11.9 Å². The third kappa shape index (κ3) is 9.38. The van der Waals surface area contributed by atoms with Gasteiger partial charge < -0.3 is 34.5 Å². The van der Waals surface area contributed by atoms with E-state index in [2.05, 4.69) is 37.4 Å². The molecule has 13 heteroatoms. The van der Waals surface area contributed by atoms with Gasteiger partial charge in [0.15, 0.2) is 0 Å². The Hall–Kier alpha value is -3.26. The minimum Gasteiger partial charge on any atom is -0.483 e. The Kier molecular flexibility index (Phi) is 12.5. The topological polar surface area (TPSA) is 116 Å². The van der Waals surface area contributed by atoms with Gasteiger partial charge in [0.2, 0.25) is 0 Å². The van der Waals surface area contributed by atoms with Crippen LogP contribution in [0.25, 0.3) is 10.9 Å². The van der Waals surface area contributed by atoms with E-state index in [1.807, 2.05) is 49.5 Å². The maximum Gasteiger partial charge on any atom is 0.411 e. The van der Waals surface area contributed by atoms with Gasteiger partial charge in [-0.15, -0.1) is 0 Å². The zero-order valence-corrected chi connectivity index (χ0v) is 24.4. The minimum absolute atomic E-state index is 0.0822. The van der Waals surface area contributed by atoms with Crippen molar-refractivity contribution in [2.45, 2.75) is 44.6 Å². The van der Waals surface area contributed by atoms with Crippen molar-refractivity contribution >= 4 is 40.9 Å². The molecule has 0 fully saturated rings. The first kappa shape index (κ1) is 33.2. The van der Waals surface area contributed by atoms with Crippen LogP contribution in [-0.2, 0) is 28.9 Å². The Morgan fingerprint density at radius 3 is 2.62 bits per heavy atom. The molecule has 1 aromatic heterocycles. The molecule has 1 aliphatic rings. The molecule has 4 rings (SSSR count). The van der Waals surface area contributed by atoms with Crippen LogP contribution in [0, 0.1) is 0 Å². The minimum atomic E-state index is -4.38. The molecule has 2 heterocycles. The van der Waals surface area contributed by atoms with Crippen LogP contribution in [0.2, 0.25) is 0 Å². The zero-order chi connectivity index (χ0) is 30.7. The van der Waals surface area contributed by atoms with Crippen molar-refractivity contribution in [3.63, 3.8) is 0 Å². The van der Waals surface area contributed by atoms with Gasteiger partial charge in [-0.3, -0.25) is 9.59 Å². The summed E-state index contributed by atoms with van der Waals surface area (Å²) in [6, 6.07) is 12.7. The Labute approximate surface area is 247 Å². The number of aromatic nitrogens is 1. The quantitative estimate of drug-likeness (QED) is 0.139. The van der Waals surface area contributed by atoms with Gasteiger partial charge in [0, 0.05) is 49.6 Å². The van der Waals surface area contributed by atoms with Crippen molar-refractivity contribution in [3.05, 3.63) is 65.4 Å². The summed E-state index contributed by atoms with van der Waals surface area (Å²) in [7, 11) is 2.01. The average Bonchev–Trinajstić information content (AvgIpc) is 3.23. The molecule has 0 saturated carbocycles. The summed E-state index contributed by atoms with van der Waals surface area (Å²) >= 11 is 1.72. The lowest BCUT2D eigenvalue weighted by Crippen LogP contribution is -2.49. The molecule has 0 saturated heterocycles. The molecule has 0 radical (unpaired) electrons. The summed E-state index contributed by atoms with van der Waals surface area (Å²) in [5.74, 6) is 0.657. The lowest BCUT2D eigenvalue weighted by Gasteiger charge is -2.25. The van der Waals surface area contributed by atoms with Crippen molar-refractivity contribution in [2.75, 3.05) is 43.4 Å². The van der Waals surface area contributed by atoms with E-state index >= 15 is 0 Å². The zero-order valence-electron chi connectivity index (χ0n) is 23.6. The maximum absolute atomic E-state index is 13.6. The monoisotopic (exact) mass is 610 g/mol. The van der Waals surface area contributed by atoms with Crippen LogP contribution in [0.3, 0.4) is 0 Å². The molecule has 0 unspecified atom stereocenters. The number of anilines is 1. The molecule has 0 bridgehead atoms.